The maximum Gasteiger partial charge on any atom is 0.472 e. The number of hydrogen-bond acceptors (Lipinski definition) is 15. The fourth-order valence-corrected chi connectivity index (χ4v) is 16.3. The first-order valence-corrected chi connectivity index (χ1v) is 51.4. The Morgan fingerprint density at radius 3 is 0.673 bits per heavy atom. The van der Waals surface area contributed by atoms with Gasteiger partial charge in [-0.1, -0.05) is 453 Å². The van der Waals surface area contributed by atoms with E-state index < -0.39 is 97.5 Å². The molecule has 0 spiro atoms. The second kappa shape index (κ2) is 83.7. The van der Waals surface area contributed by atoms with Crippen LogP contribution >= 0.6 is 15.6 Å². The number of hydrogen-bond donors (Lipinski definition) is 3. The molecular formula is C94H184O17P2. The highest BCUT2D eigenvalue weighted by Gasteiger charge is 2.31. The summed E-state index contributed by atoms with van der Waals surface area (Å²) in [7, 11) is -9.94. The first-order valence-electron chi connectivity index (χ1n) is 48.4. The quantitative estimate of drug-likeness (QED) is 0.0222. The van der Waals surface area contributed by atoms with E-state index in [1.165, 1.54) is 315 Å². The monoisotopic (exact) mass is 1650 g/mol. The predicted octanol–water partition coefficient (Wildman–Crippen LogP) is 29.2. The average molecular weight is 1650 g/mol. The van der Waals surface area contributed by atoms with Crippen LogP contribution in [0.2, 0.25) is 0 Å². The van der Waals surface area contributed by atoms with E-state index in [9.17, 15) is 43.2 Å². The van der Waals surface area contributed by atoms with Gasteiger partial charge in [0.25, 0.3) is 0 Å². The molecule has 7 atom stereocenters. The van der Waals surface area contributed by atoms with Crippen LogP contribution in [0.1, 0.15) is 504 Å². The first kappa shape index (κ1) is 111. The minimum atomic E-state index is -4.97. The van der Waals surface area contributed by atoms with Crippen molar-refractivity contribution in [1.29, 1.82) is 0 Å². The van der Waals surface area contributed by atoms with E-state index in [1.807, 2.05) is 0 Å². The lowest BCUT2D eigenvalue weighted by molar-refractivity contribution is -0.161. The zero-order valence-electron chi connectivity index (χ0n) is 74.9. The number of ether oxygens (including phenoxy) is 4. The Bertz CT molecular complexity index is 2170. The third-order valence-corrected chi connectivity index (χ3v) is 24.8. The Balaban J connectivity index is 5.25. The van der Waals surface area contributed by atoms with E-state index in [0.717, 1.165) is 108 Å². The van der Waals surface area contributed by atoms with Crippen molar-refractivity contribution in [1.82, 2.24) is 0 Å². The van der Waals surface area contributed by atoms with Gasteiger partial charge < -0.3 is 33.8 Å². The number of rotatable bonds is 92. The number of aliphatic hydroxyl groups is 1. The summed E-state index contributed by atoms with van der Waals surface area (Å²) in [4.78, 5) is 73.5. The van der Waals surface area contributed by atoms with Gasteiger partial charge >= 0.3 is 39.5 Å². The van der Waals surface area contributed by atoms with Crippen molar-refractivity contribution in [2.45, 2.75) is 523 Å². The Kier molecular flexibility index (Phi) is 82.3. The fraction of sp³-hybridized carbons (Fsp3) is 0.957. The maximum absolute atomic E-state index is 13.2. The zero-order chi connectivity index (χ0) is 82.9. The van der Waals surface area contributed by atoms with Crippen LogP contribution < -0.4 is 0 Å². The minimum Gasteiger partial charge on any atom is -0.462 e. The lowest BCUT2D eigenvalue weighted by atomic mass is 9.99. The molecule has 3 N–H and O–H groups in total. The molecule has 0 aromatic heterocycles. The van der Waals surface area contributed by atoms with Gasteiger partial charge in [0, 0.05) is 25.7 Å². The Morgan fingerprint density at radius 2 is 0.451 bits per heavy atom. The second-order valence-corrected chi connectivity index (χ2v) is 37.6. The highest BCUT2D eigenvalue weighted by Crippen LogP contribution is 2.45. The molecule has 0 aliphatic carbocycles. The number of carbonyl (C=O) groups is 4. The molecule has 0 heterocycles. The van der Waals surface area contributed by atoms with Gasteiger partial charge in [0.05, 0.1) is 26.4 Å². The molecule has 0 aliphatic rings. The smallest absolute Gasteiger partial charge is 0.462 e. The van der Waals surface area contributed by atoms with Crippen LogP contribution in [0, 0.1) is 17.8 Å². The molecule has 672 valence electrons. The number of aliphatic hydroxyl groups excluding tert-OH is 1. The van der Waals surface area contributed by atoms with Gasteiger partial charge in [0.2, 0.25) is 0 Å². The Labute approximate surface area is 696 Å². The number of unbranched alkanes of at least 4 members (excludes halogenated alkanes) is 58. The molecule has 0 bridgehead atoms. The highest BCUT2D eigenvalue weighted by molar-refractivity contribution is 7.47. The summed E-state index contributed by atoms with van der Waals surface area (Å²) in [5, 5.41) is 10.7. The highest BCUT2D eigenvalue weighted by atomic mass is 31.2. The molecule has 0 radical (unpaired) electrons. The van der Waals surface area contributed by atoms with E-state index in [4.69, 9.17) is 37.0 Å². The van der Waals surface area contributed by atoms with Gasteiger partial charge in [-0.15, -0.1) is 0 Å². The van der Waals surface area contributed by atoms with Crippen LogP contribution in [-0.2, 0) is 65.4 Å². The van der Waals surface area contributed by atoms with Crippen molar-refractivity contribution in [3.8, 4) is 0 Å². The van der Waals surface area contributed by atoms with Crippen LogP contribution in [0.4, 0.5) is 0 Å². The summed E-state index contributed by atoms with van der Waals surface area (Å²) in [6, 6.07) is 0. The number of phosphoric ester groups is 2. The van der Waals surface area contributed by atoms with Crippen molar-refractivity contribution < 1.29 is 80.2 Å². The molecule has 0 aromatic rings. The fourth-order valence-electron chi connectivity index (χ4n) is 14.7. The van der Waals surface area contributed by atoms with Gasteiger partial charge in [0.1, 0.15) is 19.3 Å². The topological polar surface area (TPSA) is 237 Å². The molecule has 0 saturated carbocycles. The SMILES string of the molecule is CCCCCCCCCCCCCCCC(=O)OC[C@H](COP(=O)(O)OC[C@H](O)COP(=O)(O)OC[C@@H](COC(=O)CCCCCCCCCCCCCCCCCCCCC(C)CC)OC(=O)CCCCCCCCCCCCCCCCCCCCC(C)CC)OC(=O)CCCCCCCCCCCCCCCC(C)C. The van der Waals surface area contributed by atoms with Crippen molar-refractivity contribution >= 4 is 39.5 Å². The summed E-state index contributed by atoms with van der Waals surface area (Å²) in [6.45, 7) is 12.2. The Morgan fingerprint density at radius 1 is 0.257 bits per heavy atom. The molecular weight excluding hydrogens is 1460 g/mol. The number of esters is 4. The summed E-state index contributed by atoms with van der Waals surface area (Å²) >= 11 is 0. The van der Waals surface area contributed by atoms with E-state index >= 15 is 0 Å². The standard InChI is InChI=1S/C94H184O17P2/c1-8-11-12-13-14-15-16-30-40-47-54-61-68-75-91(96)104-81-89(111-94(99)78-71-64-57-50-43-36-29-31-37-44-51-58-65-72-85(4)5)83-108-112(100,101)106-79-88(95)80-107-113(102,103)109-84-90(110-93(98)77-70-63-56-49-42-35-28-24-20-18-22-26-33-39-46-53-60-67-74-87(7)10-3)82-105-92(97)76-69-62-55-48-41-34-27-23-19-17-21-25-32-38-45-52-59-66-73-86(6)9-2/h85-90,95H,8-84H2,1-7H3,(H,100,101)(H,102,103)/t86?,87?,88-,89+,90+/m0/s1. The summed E-state index contributed by atoms with van der Waals surface area (Å²) < 4.78 is 69.2. The number of carbonyl (C=O) groups excluding carboxylic acids is 4. The van der Waals surface area contributed by atoms with E-state index in [-0.39, 0.29) is 25.7 Å². The summed E-state index contributed by atoms with van der Waals surface area (Å²) in [5.41, 5.74) is 0. The molecule has 113 heavy (non-hydrogen) atoms. The van der Waals surface area contributed by atoms with E-state index in [1.54, 1.807) is 0 Å². The molecule has 17 nitrogen and oxygen atoms in total. The van der Waals surface area contributed by atoms with Gasteiger partial charge in [0.15, 0.2) is 12.2 Å². The van der Waals surface area contributed by atoms with E-state index in [2.05, 4.69) is 48.5 Å². The lowest BCUT2D eigenvalue weighted by Crippen LogP contribution is -2.30. The van der Waals surface area contributed by atoms with Crippen LogP contribution in [0.3, 0.4) is 0 Å². The van der Waals surface area contributed by atoms with Crippen molar-refractivity contribution in [3.05, 3.63) is 0 Å². The van der Waals surface area contributed by atoms with Crippen LogP contribution in [-0.4, -0.2) is 96.7 Å². The van der Waals surface area contributed by atoms with Crippen molar-refractivity contribution in [2.24, 2.45) is 17.8 Å². The Hall–Kier alpha value is -1.94. The van der Waals surface area contributed by atoms with Crippen molar-refractivity contribution in [3.63, 3.8) is 0 Å². The number of phosphoric acid groups is 2. The molecule has 19 heteroatoms. The molecule has 0 aliphatic heterocycles. The van der Waals surface area contributed by atoms with Gasteiger partial charge in [-0.25, -0.2) is 9.13 Å². The normalized spacial score (nSPS) is 14.2. The summed E-state index contributed by atoms with van der Waals surface area (Å²) in [6.07, 6.45) is 77.7. The molecule has 0 fully saturated rings. The molecule has 4 unspecified atom stereocenters. The first-order chi connectivity index (χ1) is 54.8. The van der Waals surface area contributed by atoms with Crippen LogP contribution in [0.5, 0.6) is 0 Å². The van der Waals surface area contributed by atoms with Crippen LogP contribution in [0.15, 0.2) is 0 Å². The molecule has 0 saturated heterocycles. The third kappa shape index (κ3) is 84.9. The predicted molar refractivity (Wildman–Crippen MR) is 469 cm³/mol. The van der Waals surface area contributed by atoms with Gasteiger partial charge in [-0.2, -0.15) is 0 Å². The summed E-state index contributed by atoms with van der Waals surface area (Å²) in [5.74, 6) is 0.438. The van der Waals surface area contributed by atoms with Crippen molar-refractivity contribution in [2.75, 3.05) is 39.6 Å². The van der Waals surface area contributed by atoms with Gasteiger partial charge in [-0.05, 0) is 43.4 Å². The third-order valence-electron chi connectivity index (χ3n) is 22.9. The molecule has 0 aromatic carbocycles. The molecule has 0 rings (SSSR count). The van der Waals surface area contributed by atoms with Gasteiger partial charge in [-0.3, -0.25) is 37.3 Å². The largest absolute Gasteiger partial charge is 0.472 e. The zero-order valence-corrected chi connectivity index (χ0v) is 76.7. The minimum absolute atomic E-state index is 0.108. The lowest BCUT2D eigenvalue weighted by Gasteiger charge is -2.21. The van der Waals surface area contributed by atoms with E-state index in [0.29, 0.717) is 25.7 Å². The van der Waals surface area contributed by atoms with Crippen LogP contribution in [0.25, 0.3) is 0 Å². The maximum atomic E-state index is 13.2. The average Bonchev–Trinajstić information content (AvgIpc) is 0.901. The second-order valence-electron chi connectivity index (χ2n) is 34.7. The molecule has 0 amide bonds.